The van der Waals surface area contributed by atoms with E-state index in [0.29, 0.717) is 0 Å². The topological polar surface area (TPSA) is 28.7 Å². The van der Waals surface area contributed by atoms with Crippen LogP contribution in [0.15, 0.2) is 67.0 Å². The maximum atomic E-state index is 4.41. The minimum absolute atomic E-state index is 0.998. The molecule has 0 amide bonds. The van der Waals surface area contributed by atoms with E-state index in [1.165, 1.54) is 5.56 Å². The number of pyridine rings is 1. The van der Waals surface area contributed by atoms with Gasteiger partial charge in [-0.25, -0.2) is 0 Å². The Morgan fingerprint density at radius 3 is 2.29 bits per heavy atom. The Bertz CT molecular complexity index is 598. The van der Waals surface area contributed by atoms with Crippen molar-refractivity contribution in [3.05, 3.63) is 67.0 Å². The maximum Gasteiger partial charge on any atom is 0.0708 e. The van der Waals surface area contributed by atoms with Crippen LogP contribution in [0.1, 0.15) is 0 Å². The second kappa shape index (κ2) is 4.26. The van der Waals surface area contributed by atoms with Crippen molar-refractivity contribution in [2.75, 3.05) is 0 Å². The van der Waals surface area contributed by atoms with Gasteiger partial charge in [0.25, 0.3) is 0 Å². The molecule has 2 aromatic heterocycles. The molecule has 0 atom stereocenters. The van der Waals surface area contributed by atoms with Gasteiger partial charge in [-0.3, -0.25) is 4.98 Å². The van der Waals surface area contributed by atoms with Crippen molar-refractivity contribution < 1.29 is 0 Å². The minimum atomic E-state index is 0.998. The average molecular weight is 220 g/mol. The van der Waals surface area contributed by atoms with E-state index in [0.717, 1.165) is 17.0 Å². The molecule has 0 aliphatic heterocycles. The number of H-pyrrole nitrogens is 1. The predicted molar refractivity (Wildman–Crippen MR) is 69.5 cm³/mol. The summed E-state index contributed by atoms with van der Waals surface area (Å²) in [5.74, 6) is 0. The van der Waals surface area contributed by atoms with Crippen LogP contribution in [0.25, 0.3) is 22.5 Å². The van der Waals surface area contributed by atoms with Gasteiger partial charge in [-0.05, 0) is 24.3 Å². The van der Waals surface area contributed by atoms with E-state index in [-0.39, 0.29) is 0 Å². The highest BCUT2D eigenvalue weighted by molar-refractivity contribution is 5.80. The Morgan fingerprint density at radius 2 is 1.59 bits per heavy atom. The van der Waals surface area contributed by atoms with Crippen LogP contribution in [0, 0.1) is 0 Å². The molecule has 17 heavy (non-hydrogen) atoms. The molecular weight excluding hydrogens is 208 g/mol. The van der Waals surface area contributed by atoms with E-state index >= 15 is 0 Å². The van der Waals surface area contributed by atoms with Gasteiger partial charge in [-0.1, -0.05) is 30.3 Å². The summed E-state index contributed by atoms with van der Waals surface area (Å²) in [4.78, 5) is 7.64. The van der Waals surface area contributed by atoms with Gasteiger partial charge >= 0.3 is 0 Å². The zero-order chi connectivity index (χ0) is 11.5. The normalized spacial score (nSPS) is 10.4. The fourth-order valence-electron chi connectivity index (χ4n) is 1.96. The molecule has 0 fully saturated rings. The van der Waals surface area contributed by atoms with Gasteiger partial charge in [-0.2, -0.15) is 0 Å². The van der Waals surface area contributed by atoms with E-state index in [1.54, 1.807) is 0 Å². The van der Waals surface area contributed by atoms with Gasteiger partial charge in [-0.15, -0.1) is 0 Å². The van der Waals surface area contributed by atoms with Crippen LogP contribution in [0.3, 0.4) is 0 Å². The first-order chi connectivity index (χ1) is 8.45. The van der Waals surface area contributed by atoms with Gasteiger partial charge in [0.1, 0.15) is 0 Å². The van der Waals surface area contributed by atoms with Crippen LogP contribution in [0.4, 0.5) is 0 Å². The molecule has 0 aliphatic carbocycles. The second-order valence-corrected chi connectivity index (χ2v) is 3.84. The number of hydrogen-bond acceptors (Lipinski definition) is 1. The number of nitrogens with one attached hydrogen (secondary N) is 1. The molecule has 1 N–H and O–H groups in total. The highest BCUT2D eigenvalue weighted by Gasteiger charge is 2.07. The molecule has 82 valence electrons. The Hall–Kier alpha value is -2.35. The molecule has 2 nitrogen and oxygen atoms in total. The largest absolute Gasteiger partial charge is 0.361 e. The fraction of sp³-hybridized carbons (Fsp3) is 0. The second-order valence-electron chi connectivity index (χ2n) is 3.84. The van der Waals surface area contributed by atoms with Crippen molar-refractivity contribution in [3.8, 4) is 22.5 Å². The van der Waals surface area contributed by atoms with Gasteiger partial charge in [0.2, 0.25) is 0 Å². The number of benzene rings is 1. The molecular formula is C15H12N2. The van der Waals surface area contributed by atoms with Crippen LogP contribution in [-0.2, 0) is 0 Å². The van der Waals surface area contributed by atoms with Crippen molar-refractivity contribution in [1.82, 2.24) is 9.97 Å². The van der Waals surface area contributed by atoms with E-state index < -0.39 is 0 Å². The Balaban J connectivity index is 2.18. The highest BCUT2D eigenvalue weighted by atomic mass is 14.7. The third-order valence-electron chi connectivity index (χ3n) is 2.76. The first kappa shape index (κ1) is 9.85. The lowest BCUT2D eigenvalue weighted by atomic mass is 10.0. The minimum Gasteiger partial charge on any atom is -0.361 e. The zero-order valence-electron chi connectivity index (χ0n) is 9.30. The summed E-state index contributed by atoms with van der Waals surface area (Å²) < 4.78 is 0. The molecule has 0 radical (unpaired) electrons. The average Bonchev–Trinajstić information content (AvgIpc) is 2.94. The van der Waals surface area contributed by atoms with Crippen molar-refractivity contribution in [3.63, 3.8) is 0 Å². The summed E-state index contributed by atoms with van der Waals surface area (Å²) in [5.41, 5.74) is 4.44. The van der Waals surface area contributed by atoms with E-state index in [9.17, 15) is 0 Å². The number of hydrogen-bond donors (Lipinski definition) is 1. The monoisotopic (exact) mass is 220 g/mol. The Morgan fingerprint density at radius 1 is 0.765 bits per heavy atom. The van der Waals surface area contributed by atoms with Crippen LogP contribution in [-0.4, -0.2) is 9.97 Å². The SMILES string of the molecule is c1ccc(-c2ccccc2-c2ccc[nH]2)nc1. The number of aromatic amines is 1. The van der Waals surface area contributed by atoms with E-state index in [4.69, 9.17) is 0 Å². The van der Waals surface area contributed by atoms with Crippen LogP contribution in [0.2, 0.25) is 0 Å². The summed E-state index contributed by atoms with van der Waals surface area (Å²) in [5, 5.41) is 0. The van der Waals surface area contributed by atoms with Crippen molar-refractivity contribution in [2.45, 2.75) is 0 Å². The molecule has 0 unspecified atom stereocenters. The van der Waals surface area contributed by atoms with Gasteiger partial charge in [0, 0.05) is 29.2 Å². The summed E-state index contributed by atoms with van der Waals surface area (Å²) in [6.07, 6.45) is 3.76. The van der Waals surface area contributed by atoms with Crippen LogP contribution < -0.4 is 0 Å². The molecule has 0 aliphatic rings. The van der Waals surface area contributed by atoms with Gasteiger partial charge < -0.3 is 4.98 Å². The number of aromatic nitrogens is 2. The highest BCUT2D eigenvalue weighted by Crippen LogP contribution is 2.29. The fourth-order valence-corrected chi connectivity index (χ4v) is 1.96. The molecule has 0 saturated carbocycles. The van der Waals surface area contributed by atoms with E-state index in [1.807, 2.05) is 48.8 Å². The molecule has 0 bridgehead atoms. The lowest BCUT2D eigenvalue weighted by Gasteiger charge is -2.07. The summed E-state index contributed by atoms with van der Waals surface area (Å²) in [6.45, 7) is 0. The summed E-state index contributed by atoms with van der Waals surface area (Å²) in [6, 6.07) is 18.3. The van der Waals surface area contributed by atoms with Crippen LogP contribution in [0.5, 0.6) is 0 Å². The maximum absolute atomic E-state index is 4.41. The Labute approximate surface area is 100.0 Å². The predicted octanol–water partition coefficient (Wildman–Crippen LogP) is 3.74. The first-order valence-corrected chi connectivity index (χ1v) is 5.59. The lowest BCUT2D eigenvalue weighted by molar-refractivity contribution is 1.32. The van der Waals surface area contributed by atoms with Crippen molar-refractivity contribution in [1.29, 1.82) is 0 Å². The number of rotatable bonds is 2. The Kier molecular flexibility index (Phi) is 2.47. The third kappa shape index (κ3) is 1.85. The molecule has 2 heterocycles. The quantitative estimate of drug-likeness (QED) is 0.700. The zero-order valence-corrected chi connectivity index (χ0v) is 9.30. The lowest BCUT2D eigenvalue weighted by Crippen LogP contribution is -1.86. The molecule has 0 spiro atoms. The van der Waals surface area contributed by atoms with E-state index in [2.05, 4.69) is 28.2 Å². The van der Waals surface area contributed by atoms with Gasteiger partial charge in [0.15, 0.2) is 0 Å². The molecule has 0 saturated heterocycles. The molecule has 2 heteroatoms. The summed E-state index contributed by atoms with van der Waals surface area (Å²) >= 11 is 0. The summed E-state index contributed by atoms with van der Waals surface area (Å²) in [7, 11) is 0. The van der Waals surface area contributed by atoms with Crippen molar-refractivity contribution in [2.24, 2.45) is 0 Å². The molecule has 3 rings (SSSR count). The number of nitrogens with zero attached hydrogens (tertiary/aromatic N) is 1. The first-order valence-electron chi connectivity index (χ1n) is 5.59. The van der Waals surface area contributed by atoms with Gasteiger partial charge in [0.05, 0.1) is 5.69 Å². The molecule has 3 aromatic rings. The molecule has 1 aromatic carbocycles. The van der Waals surface area contributed by atoms with Crippen LogP contribution >= 0.6 is 0 Å². The van der Waals surface area contributed by atoms with Crippen molar-refractivity contribution >= 4 is 0 Å². The smallest absolute Gasteiger partial charge is 0.0708 e. The standard InChI is InChI=1S/C15H12N2/c1-2-7-13(15-9-5-11-17-15)12(6-1)14-8-3-4-10-16-14/h1-11,17H. The third-order valence-corrected chi connectivity index (χ3v) is 2.76.